The first-order valence-electron chi connectivity index (χ1n) is 10.1. The van der Waals surface area contributed by atoms with Gasteiger partial charge in [0.1, 0.15) is 0 Å². The molecule has 4 rings (SSSR count). The molecule has 28 heavy (non-hydrogen) atoms. The van der Waals surface area contributed by atoms with E-state index < -0.39 is 0 Å². The fourth-order valence-electron chi connectivity index (χ4n) is 4.16. The third-order valence-corrected chi connectivity index (χ3v) is 5.60. The van der Waals surface area contributed by atoms with Gasteiger partial charge in [-0.05, 0) is 38.6 Å². The van der Waals surface area contributed by atoms with Crippen LogP contribution in [0.2, 0.25) is 0 Å². The molecular weight excluding hydrogens is 356 g/mol. The number of aromatic nitrogens is 4. The smallest absolute Gasteiger partial charge is 0.316 e. The van der Waals surface area contributed by atoms with Gasteiger partial charge in [-0.15, -0.1) is 0 Å². The van der Waals surface area contributed by atoms with E-state index in [1.807, 2.05) is 12.4 Å². The van der Waals surface area contributed by atoms with Gasteiger partial charge in [0.05, 0.1) is 12.8 Å². The lowest BCUT2D eigenvalue weighted by atomic mass is 9.94. The van der Waals surface area contributed by atoms with Gasteiger partial charge < -0.3 is 9.64 Å². The van der Waals surface area contributed by atoms with Gasteiger partial charge in [0.2, 0.25) is 5.95 Å². The molecule has 2 aliphatic rings. The highest BCUT2D eigenvalue weighted by molar-refractivity contribution is 5.31. The van der Waals surface area contributed by atoms with Crippen molar-refractivity contribution in [3.8, 4) is 6.01 Å². The highest BCUT2D eigenvalue weighted by Crippen LogP contribution is 2.27. The molecule has 4 heterocycles. The minimum atomic E-state index is -0.0498. The molecule has 0 spiro atoms. The summed E-state index contributed by atoms with van der Waals surface area (Å²) in [5.74, 6) is 1.02. The summed E-state index contributed by atoms with van der Waals surface area (Å²) in [4.78, 5) is 33.0. The molecule has 0 bridgehead atoms. The quantitative estimate of drug-likeness (QED) is 0.843. The molecule has 0 aromatic carbocycles. The van der Waals surface area contributed by atoms with E-state index in [1.54, 1.807) is 13.2 Å². The number of H-pyrrole nitrogens is 1. The van der Waals surface area contributed by atoms with Crippen molar-refractivity contribution in [1.82, 2.24) is 24.8 Å². The first-order chi connectivity index (χ1) is 13.7. The second-order valence-corrected chi connectivity index (χ2v) is 7.69. The number of rotatable bonds is 5. The Morgan fingerprint density at radius 1 is 1.14 bits per heavy atom. The Balaban J connectivity index is 1.46. The van der Waals surface area contributed by atoms with E-state index in [0.717, 1.165) is 75.6 Å². The molecular formula is C20H28N6O2. The minimum Gasteiger partial charge on any atom is -0.467 e. The zero-order chi connectivity index (χ0) is 19.3. The number of nitrogens with zero attached hydrogens (tertiary/aromatic N) is 5. The van der Waals surface area contributed by atoms with E-state index in [1.165, 1.54) is 6.42 Å². The van der Waals surface area contributed by atoms with Crippen molar-refractivity contribution in [2.75, 3.05) is 38.2 Å². The van der Waals surface area contributed by atoms with Gasteiger partial charge in [-0.25, -0.2) is 15.0 Å². The molecule has 1 atom stereocenters. The number of piperidine rings is 2. The van der Waals surface area contributed by atoms with Crippen molar-refractivity contribution in [2.24, 2.45) is 0 Å². The molecule has 0 radical (unpaired) electrons. The number of nitrogens with one attached hydrogen (secondary N) is 1. The van der Waals surface area contributed by atoms with Crippen LogP contribution in [0.15, 0.2) is 23.3 Å². The zero-order valence-corrected chi connectivity index (χ0v) is 16.4. The Morgan fingerprint density at radius 2 is 1.93 bits per heavy atom. The van der Waals surface area contributed by atoms with Crippen LogP contribution in [0.3, 0.4) is 0 Å². The van der Waals surface area contributed by atoms with Crippen LogP contribution in [0, 0.1) is 0 Å². The van der Waals surface area contributed by atoms with Crippen LogP contribution in [-0.2, 0) is 6.54 Å². The molecule has 0 saturated carbocycles. The summed E-state index contributed by atoms with van der Waals surface area (Å²) in [6.07, 6.45) is 9.36. The van der Waals surface area contributed by atoms with Gasteiger partial charge in [0.25, 0.3) is 5.56 Å². The number of anilines is 1. The standard InChI is InChI=1S/C20H28N6O2/c1-28-20-21-11-15(12-22-20)13-25-7-5-6-16(14-25)17-10-18(27)24-19(23-17)26-8-3-2-4-9-26/h10-12,16H,2-9,13-14H2,1H3,(H,23,24,27)/t16-/m0/s1. The summed E-state index contributed by atoms with van der Waals surface area (Å²) < 4.78 is 5.03. The van der Waals surface area contributed by atoms with Gasteiger partial charge >= 0.3 is 6.01 Å². The molecule has 2 saturated heterocycles. The second kappa shape index (κ2) is 8.68. The topological polar surface area (TPSA) is 87.2 Å². The predicted molar refractivity (Wildman–Crippen MR) is 107 cm³/mol. The van der Waals surface area contributed by atoms with Gasteiger partial charge in [0.15, 0.2) is 0 Å². The molecule has 2 aliphatic heterocycles. The minimum absolute atomic E-state index is 0.0498. The van der Waals surface area contributed by atoms with Crippen LogP contribution in [0.4, 0.5) is 5.95 Å². The van der Waals surface area contributed by atoms with Crippen LogP contribution in [-0.4, -0.2) is 58.1 Å². The summed E-state index contributed by atoms with van der Waals surface area (Å²) in [7, 11) is 1.57. The van der Waals surface area contributed by atoms with E-state index in [-0.39, 0.29) is 11.5 Å². The van der Waals surface area contributed by atoms with Gasteiger partial charge in [-0.3, -0.25) is 14.7 Å². The number of methoxy groups -OCH3 is 1. The Labute approximate surface area is 165 Å². The van der Waals surface area contributed by atoms with E-state index in [9.17, 15) is 4.79 Å². The molecule has 2 fully saturated rings. The number of hydrogen-bond acceptors (Lipinski definition) is 7. The fourth-order valence-corrected chi connectivity index (χ4v) is 4.16. The van der Waals surface area contributed by atoms with E-state index in [2.05, 4.69) is 24.8 Å². The maximum absolute atomic E-state index is 12.3. The van der Waals surface area contributed by atoms with E-state index >= 15 is 0 Å². The summed E-state index contributed by atoms with van der Waals surface area (Å²) in [6.45, 7) is 4.66. The Kier molecular flexibility index (Phi) is 5.85. The summed E-state index contributed by atoms with van der Waals surface area (Å²) in [5.41, 5.74) is 1.93. The van der Waals surface area contributed by atoms with Crippen molar-refractivity contribution in [1.29, 1.82) is 0 Å². The van der Waals surface area contributed by atoms with Crippen LogP contribution in [0.1, 0.15) is 49.3 Å². The average molecular weight is 384 g/mol. The lowest BCUT2D eigenvalue weighted by molar-refractivity contribution is 0.198. The maximum Gasteiger partial charge on any atom is 0.316 e. The molecule has 2 aromatic heterocycles. The average Bonchev–Trinajstić information content (AvgIpc) is 2.75. The lowest BCUT2D eigenvalue weighted by Gasteiger charge is -2.33. The Hall–Kier alpha value is -2.48. The molecule has 1 N–H and O–H groups in total. The summed E-state index contributed by atoms with van der Waals surface area (Å²) >= 11 is 0. The van der Waals surface area contributed by atoms with Gasteiger partial charge in [-0.1, -0.05) is 0 Å². The van der Waals surface area contributed by atoms with Crippen LogP contribution in [0.25, 0.3) is 0 Å². The molecule has 8 nitrogen and oxygen atoms in total. The van der Waals surface area contributed by atoms with Crippen LogP contribution < -0.4 is 15.2 Å². The predicted octanol–water partition coefficient (Wildman–Crippen LogP) is 1.94. The van der Waals surface area contributed by atoms with Crippen molar-refractivity contribution in [3.63, 3.8) is 0 Å². The molecule has 2 aromatic rings. The van der Waals surface area contributed by atoms with Crippen molar-refractivity contribution in [2.45, 2.75) is 44.6 Å². The second-order valence-electron chi connectivity index (χ2n) is 7.69. The summed E-state index contributed by atoms with van der Waals surface area (Å²) in [5, 5.41) is 0. The number of hydrogen-bond donors (Lipinski definition) is 1. The third kappa shape index (κ3) is 4.49. The Morgan fingerprint density at radius 3 is 2.68 bits per heavy atom. The van der Waals surface area contributed by atoms with Gasteiger partial charge in [0, 0.05) is 56.1 Å². The van der Waals surface area contributed by atoms with Gasteiger partial charge in [-0.2, -0.15) is 0 Å². The maximum atomic E-state index is 12.3. The van der Waals surface area contributed by atoms with Crippen molar-refractivity contribution < 1.29 is 4.74 Å². The monoisotopic (exact) mass is 384 g/mol. The van der Waals surface area contributed by atoms with Crippen LogP contribution in [0.5, 0.6) is 6.01 Å². The largest absolute Gasteiger partial charge is 0.467 e. The van der Waals surface area contributed by atoms with Crippen LogP contribution >= 0.6 is 0 Å². The van der Waals surface area contributed by atoms with E-state index in [0.29, 0.717) is 6.01 Å². The lowest BCUT2D eigenvalue weighted by Crippen LogP contribution is -2.36. The zero-order valence-electron chi connectivity index (χ0n) is 16.4. The molecule has 0 unspecified atom stereocenters. The molecule has 150 valence electrons. The Bertz CT molecular complexity index is 831. The number of likely N-dealkylation sites (tertiary alicyclic amines) is 1. The third-order valence-electron chi connectivity index (χ3n) is 5.60. The van der Waals surface area contributed by atoms with Crippen molar-refractivity contribution in [3.05, 3.63) is 40.1 Å². The SMILES string of the molecule is COc1ncc(CN2CCC[C@H](c3cc(=O)[nH]c(N4CCCCC4)n3)C2)cn1. The van der Waals surface area contributed by atoms with E-state index in [4.69, 9.17) is 9.72 Å². The van der Waals surface area contributed by atoms with Crippen molar-refractivity contribution >= 4 is 5.95 Å². The number of ether oxygens (including phenoxy) is 1. The first kappa shape index (κ1) is 18.9. The molecule has 0 amide bonds. The molecule has 0 aliphatic carbocycles. The molecule has 8 heteroatoms. The summed E-state index contributed by atoms with van der Waals surface area (Å²) in [6, 6.07) is 2.07. The normalized spacial score (nSPS) is 20.9. The first-order valence-corrected chi connectivity index (χ1v) is 10.1. The highest BCUT2D eigenvalue weighted by atomic mass is 16.5. The number of aromatic amines is 1. The fraction of sp³-hybridized carbons (Fsp3) is 0.600. The highest BCUT2D eigenvalue weighted by Gasteiger charge is 2.24.